The molecule has 2 amide bonds. The summed E-state index contributed by atoms with van der Waals surface area (Å²) in [5, 5.41) is 0. The van der Waals surface area contributed by atoms with Gasteiger partial charge in [0.15, 0.2) is 0 Å². The monoisotopic (exact) mass is 404 g/mol. The Labute approximate surface area is 166 Å². The van der Waals surface area contributed by atoms with E-state index in [0.717, 1.165) is 44.8 Å². The van der Waals surface area contributed by atoms with Crippen LogP contribution in [0, 0.1) is 0 Å². The van der Waals surface area contributed by atoms with Gasteiger partial charge in [0.2, 0.25) is 11.8 Å². The van der Waals surface area contributed by atoms with Crippen LogP contribution in [-0.4, -0.2) is 83.8 Å². The molecule has 0 spiro atoms. The van der Waals surface area contributed by atoms with Gasteiger partial charge in [-0.3, -0.25) is 9.59 Å². The molecule has 0 aliphatic heterocycles. The van der Waals surface area contributed by atoms with Crippen molar-refractivity contribution in [3.05, 3.63) is 0 Å². The Hall–Kier alpha value is -0.963. The molecular weight excluding hydrogens is 364 g/mol. The summed E-state index contributed by atoms with van der Waals surface area (Å²) >= 11 is 0. The van der Waals surface area contributed by atoms with Crippen molar-refractivity contribution in [1.82, 2.24) is 9.80 Å². The first-order chi connectivity index (χ1) is 12.9. The summed E-state index contributed by atoms with van der Waals surface area (Å²) in [6.07, 6.45) is 3.55. The second kappa shape index (κ2) is 15.0. The molecule has 0 aromatic heterocycles. The first kappa shape index (κ1) is 26.0. The van der Waals surface area contributed by atoms with Gasteiger partial charge in [0.25, 0.3) is 0 Å². The molecule has 0 aliphatic carbocycles. The first-order valence-electron chi connectivity index (χ1n) is 10.1. The lowest BCUT2D eigenvalue weighted by Gasteiger charge is -2.26. The Morgan fingerprint density at radius 2 is 1.19 bits per heavy atom. The highest BCUT2D eigenvalue weighted by atomic mass is 28.4. The third kappa shape index (κ3) is 10.8. The molecule has 0 aromatic rings. The number of amides is 2. The van der Waals surface area contributed by atoms with E-state index in [1.807, 2.05) is 27.3 Å². The van der Waals surface area contributed by atoms with Crippen LogP contribution in [-0.2, 0) is 23.2 Å². The van der Waals surface area contributed by atoms with Gasteiger partial charge in [-0.2, -0.15) is 0 Å². The molecule has 7 nitrogen and oxygen atoms in total. The molecule has 0 bridgehead atoms. The molecule has 160 valence electrons. The maximum Gasteiger partial charge on any atom is 0.334 e. The Kier molecular flexibility index (Phi) is 14.5. The molecule has 27 heavy (non-hydrogen) atoms. The number of rotatable bonds is 16. The number of carbonyl (C=O) groups excluding carboxylic acids is 2. The van der Waals surface area contributed by atoms with Crippen LogP contribution in [0.2, 0.25) is 12.6 Å². The Morgan fingerprint density at radius 3 is 1.56 bits per heavy atom. The summed E-state index contributed by atoms with van der Waals surface area (Å²) in [5.74, 6) is -0.115. The average molecular weight is 405 g/mol. The van der Waals surface area contributed by atoms with Crippen molar-refractivity contribution < 1.29 is 23.2 Å². The predicted molar refractivity (Wildman–Crippen MR) is 110 cm³/mol. The minimum atomic E-state index is -2.11. The van der Waals surface area contributed by atoms with Crippen LogP contribution < -0.4 is 0 Å². The lowest BCUT2D eigenvalue weighted by Crippen LogP contribution is -2.40. The van der Waals surface area contributed by atoms with E-state index in [1.54, 1.807) is 24.0 Å². The van der Waals surface area contributed by atoms with Crippen molar-refractivity contribution in [2.75, 3.05) is 53.6 Å². The van der Waals surface area contributed by atoms with E-state index < -0.39 is 8.56 Å². The quantitative estimate of drug-likeness (QED) is 0.370. The van der Waals surface area contributed by atoms with Crippen molar-refractivity contribution >= 4 is 20.4 Å². The third-order valence-electron chi connectivity index (χ3n) is 4.56. The fourth-order valence-corrected chi connectivity index (χ4v) is 4.19. The Bertz CT molecular complexity index is 413. The van der Waals surface area contributed by atoms with Crippen LogP contribution in [0.4, 0.5) is 0 Å². The molecule has 0 atom stereocenters. The highest BCUT2D eigenvalue weighted by molar-refractivity contribution is 6.65. The van der Waals surface area contributed by atoms with Crippen LogP contribution in [0.5, 0.6) is 0 Å². The Balaban J connectivity index is 4.40. The van der Waals surface area contributed by atoms with E-state index >= 15 is 0 Å². The van der Waals surface area contributed by atoms with Gasteiger partial charge in [0.05, 0.1) is 0 Å². The smallest absolute Gasteiger partial charge is 0.334 e. The van der Waals surface area contributed by atoms with Gasteiger partial charge < -0.3 is 23.4 Å². The van der Waals surface area contributed by atoms with Crippen molar-refractivity contribution in [2.45, 2.75) is 59.0 Å². The van der Waals surface area contributed by atoms with Crippen LogP contribution in [0.25, 0.3) is 0 Å². The minimum absolute atomic E-state index is 0.0377. The van der Waals surface area contributed by atoms with E-state index in [9.17, 15) is 9.59 Å². The summed E-state index contributed by atoms with van der Waals surface area (Å²) < 4.78 is 16.4. The maximum absolute atomic E-state index is 12.5. The molecule has 0 saturated carbocycles. The molecule has 0 heterocycles. The molecular formula is C19H40N2O5Si. The van der Waals surface area contributed by atoms with Crippen LogP contribution in [0.1, 0.15) is 46.5 Å². The molecule has 0 N–H and O–H groups in total. The number of carbonyl (C=O) groups is 2. The highest BCUT2D eigenvalue weighted by Crippen LogP contribution is 2.14. The second-order valence-electron chi connectivity index (χ2n) is 6.90. The highest BCUT2D eigenvalue weighted by Gasteiger charge is 2.28. The Morgan fingerprint density at radius 1 is 0.778 bits per heavy atom. The lowest BCUT2D eigenvalue weighted by atomic mass is 10.3. The summed E-state index contributed by atoms with van der Waals surface area (Å²) in [6, 6.07) is 0.829. The molecule has 0 saturated heterocycles. The summed E-state index contributed by atoms with van der Waals surface area (Å²) in [4.78, 5) is 28.3. The molecule has 0 unspecified atom stereocenters. The standard InChI is InChI=1S/C19H40N2O5Si/c1-7-11-20(12-8-2)18(22)16-26-17-19(23)21(13-9-3)14-10-15-27(6,24-4)25-5/h7-17H2,1-6H3. The minimum Gasteiger partial charge on any atom is -0.398 e. The normalized spacial score (nSPS) is 11.5. The fraction of sp³-hybridized carbons (Fsp3) is 0.895. The molecule has 0 rings (SSSR count). The molecule has 0 radical (unpaired) electrons. The van der Waals surface area contributed by atoms with Crippen molar-refractivity contribution in [3.63, 3.8) is 0 Å². The molecule has 0 fully saturated rings. The van der Waals surface area contributed by atoms with Crippen molar-refractivity contribution in [1.29, 1.82) is 0 Å². The number of hydrogen-bond donors (Lipinski definition) is 0. The zero-order valence-corrected chi connectivity index (χ0v) is 19.2. The first-order valence-corrected chi connectivity index (χ1v) is 12.6. The lowest BCUT2D eigenvalue weighted by molar-refractivity contribution is -0.142. The second-order valence-corrected chi connectivity index (χ2v) is 10.5. The van der Waals surface area contributed by atoms with Gasteiger partial charge in [-0.05, 0) is 38.3 Å². The van der Waals surface area contributed by atoms with Gasteiger partial charge in [-0.15, -0.1) is 0 Å². The number of ether oxygens (including phenoxy) is 1. The average Bonchev–Trinajstić information content (AvgIpc) is 2.66. The maximum atomic E-state index is 12.5. The van der Waals surface area contributed by atoms with E-state index in [-0.39, 0.29) is 25.0 Å². The molecule has 8 heteroatoms. The topological polar surface area (TPSA) is 68.3 Å². The molecule has 0 aliphatic rings. The third-order valence-corrected chi connectivity index (χ3v) is 7.55. The predicted octanol–water partition coefficient (Wildman–Crippen LogP) is 2.65. The summed E-state index contributed by atoms with van der Waals surface area (Å²) in [5.41, 5.74) is 0. The van der Waals surface area contributed by atoms with E-state index in [0.29, 0.717) is 13.1 Å². The SMILES string of the molecule is CCCN(CCC)C(=O)COCC(=O)N(CCC)CCC[Si](C)(OC)OC. The number of nitrogens with zero attached hydrogens (tertiary/aromatic N) is 2. The van der Waals surface area contributed by atoms with Gasteiger partial charge in [-0.25, -0.2) is 0 Å². The summed E-state index contributed by atoms with van der Waals surface area (Å²) in [6.45, 7) is 10.9. The fourth-order valence-electron chi connectivity index (χ4n) is 2.82. The van der Waals surface area contributed by atoms with Gasteiger partial charge in [0.1, 0.15) is 13.2 Å². The van der Waals surface area contributed by atoms with Gasteiger partial charge in [-0.1, -0.05) is 20.8 Å². The van der Waals surface area contributed by atoms with Crippen LogP contribution in [0.15, 0.2) is 0 Å². The van der Waals surface area contributed by atoms with Crippen molar-refractivity contribution in [3.8, 4) is 0 Å². The zero-order chi connectivity index (χ0) is 20.7. The largest absolute Gasteiger partial charge is 0.398 e. The van der Waals surface area contributed by atoms with Crippen LogP contribution >= 0.6 is 0 Å². The van der Waals surface area contributed by atoms with E-state index in [2.05, 4.69) is 0 Å². The van der Waals surface area contributed by atoms with Crippen LogP contribution in [0.3, 0.4) is 0 Å². The molecule has 0 aromatic carbocycles. The van der Waals surface area contributed by atoms with E-state index in [1.165, 1.54) is 0 Å². The zero-order valence-electron chi connectivity index (χ0n) is 18.2. The van der Waals surface area contributed by atoms with E-state index in [4.69, 9.17) is 13.6 Å². The summed E-state index contributed by atoms with van der Waals surface area (Å²) in [7, 11) is 1.24. The van der Waals surface area contributed by atoms with Crippen molar-refractivity contribution in [2.24, 2.45) is 0 Å². The van der Waals surface area contributed by atoms with Gasteiger partial charge >= 0.3 is 8.56 Å². The van der Waals surface area contributed by atoms with Gasteiger partial charge in [0, 0.05) is 40.4 Å². The number of hydrogen-bond acceptors (Lipinski definition) is 5.